The number of amides is 3. The van der Waals surface area contributed by atoms with E-state index in [4.69, 9.17) is 9.47 Å². The van der Waals surface area contributed by atoms with Gasteiger partial charge >= 0.3 is 0 Å². The van der Waals surface area contributed by atoms with E-state index in [1.54, 1.807) is 19.1 Å². The monoisotopic (exact) mass is 292 g/mol. The minimum absolute atomic E-state index is 0.153. The molecule has 21 heavy (non-hydrogen) atoms. The molecule has 2 rings (SSSR count). The Kier molecular flexibility index (Phi) is 4.11. The quantitative estimate of drug-likeness (QED) is 0.804. The minimum atomic E-state index is -0.705. The van der Waals surface area contributed by atoms with Crippen LogP contribution in [-0.4, -0.2) is 49.4 Å². The number of ether oxygens (including phenoxy) is 2. The van der Waals surface area contributed by atoms with Crippen LogP contribution in [0.15, 0.2) is 18.2 Å². The number of methoxy groups -OCH3 is 2. The van der Waals surface area contributed by atoms with E-state index < -0.39 is 23.8 Å². The van der Waals surface area contributed by atoms with Crippen molar-refractivity contribution in [3.8, 4) is 11.5 Å². The van der Waals surface area contributed by atoms with E-state index >= 15 is 0 Å². The lowest BCUT2D eigenvalue weighted by atomic mass is 10.1. The van der Waals surface area contributed by atoms with E-state index in [0.29, 0.717) is 17.1 Å². The summed E-state index contributed by atoms with van der Waals surface area (Å²) in [6.45, 7) is 1.42. The lowest BCUT2D eigenvalue weighted by Gasteiger charge is -2.31. The maximum atomic E-state index is 12.5. The lowest BCUT2D eigenvalue weighted by molar-refractivity contribution is -0.138. The maximum Gasteiger partial charge on any atom is 0.255 e. The van der Waals surface area contributed by atoms with Crippen LogP contribution < -0.4 is 14.8 Å². The van der Waals surface area contributed by atoms with Crippen molar-refractivity contribution in [3.05, 3.63) is 23.8 Å². The van der Waals surface area contributed by atoms with E-state index in [1.165, 1.54) is 25.2 Å². The van der Waals surface area contributed by atoms with Gasteiger partial charge in [-0.3, -0.25) is 19.7 Å². The SMILES string of the molecule is COc1ccc(C(=O)N2CC(=O)NC(=O)C2C)cc1OC. The summed E-state index contributed by atoms with van der Waals surface area (Å²) in [6, 6.07) is 3.98. The van der Waals surface area contributed by atoms with Crippen molar-refractivity contribution in [1.29, 1.82) is 0 Å². The molecule has 0 aliphatic carbocycles. The Bertz CT molecular complexity index is 599. The van der Waals surface area contributed by atoms with Crippen LogP contribution in [0.2, 0.25) is 0 Å². The van der Waals surface area contributed by atoms with Gasteiger partial charge in [-0.1, -0.05) is 0 Å². The Morgan fingerprint density at radius 3 is 2.52 bits per heavy atom. The van der Waals surface area contributed by atoms with Gasteiger partial charge in [0.1, 0.15) is 12.6 Å². The summed E-state index contributed by atoms with van der Waals surface area (Å²) < 4.78 is 10.2. The third kappa shape index (κ3) is 2.81. The van der Waals surface area contributed by atoms with Crippen molar-refractivity contribution >= 4 is 17.7 Å². The number of rotatable bonds is 3. The number of nitrogens with one attached hydrogen (secondary N) is 1. The van der Waals surface area contributed by atoms with Gasteiger partial charge in [0, 0.05) is 5.56 Å². The molecule has 0 saturated carbocycles. The molecule has 1 atom stereocenters. The molecule has 1 N–H and O–H groups in total. The fourth-order valence-corrected chi connectivity index (χ4v) is 2.10. The van der Waals surface area contributed by atoms with Crippen LogP contribution in [0, 0.1) is 0 Å². The highest BCUT2D eigenvalue weighted by atomic mass is 16.5. The van der Waals surface area contributed by atoms with Crippen molar-refractivity contribution in [3.63, 3.8) is 0 Å². The second-order valence-electron chi connectivity index (χ2n) is 4.59. The van der Waals surface area contributed by atoms with Crippen molar-refractivity contribution in [2.45, 2.75) is 13.0 Å². The topological polar surface area (TPSA) is 84.9 Å². The summed E-state index contributed by atoms with van der Waals surface area (Å²) in [4.78, 5) is 36.7. The molecule has 7 heteroatoms. The average molecular weight is 292 g/mol. The second-order valence-corrected chi connectivity index (χ2v) is 4.59. The molecule has 0 bridgehead atoms. The Morgan fingerprint density at radius 2 is 1.90 bits per heavy atom. The first-order valence-electron chi connectivity index (χ1n) is 6.34. The molecule has 0 aromatic heterocycles. The van der Waals surface area contributed by atoms with Crippen molar-refractivity contribution in [1.82, 2.24) is 10.2 Å². The number of benzene rings is 1. The number of carbonyl (C=O) groups excluding carboxylic acids is 3. The Morgan fingerprint density at radius 1 is 1.24 bits per heavy atom. The third-order valence-corrected chi connectivity index (χ3v) is 3.31. The van der Waals surface area contributed by atoms with Crippen LogP contribution in [0.1, 0.15) is 17.3 Å². The molecule has 1 aromatic rings. The largest absolute Gasteiger partial charge is 0.493 e. The lowest BCUT2D eigenvalue weighted by Crippen LogP contribution is -2.58. The molecule has 1 fully saturated rings. The highest BCUT2D eigenvalue weighted by molar-refractivity contribution is 6.07. The van der Waals surface area contributed by atoms with E-state index in [1.807, 2.05) is 0 Å². The fourth-order valence-electron chi connectivity index (χ4n) is 2.10. The fraction of sp³-hybridized carbons (Fsp3) is 0.357. The number of carbonyl (C=O) groups is 3. The number of imide groups is 1. The van der Waals surface area contributed by atoms with Gasteiger partial charge in [0.05, 0.1) is 14.2 Å². The van der Waals surface area contributed by atoms with Gasteiger partial charge in [-0.05, 0) is 25.1 Å². The molecule has 7 nitrogen and oxygen atoms in total. The smallest absolute Gasteiger partial charge is 0.255 e. The zero-order valence-electron chi connectivity index (χ0n) is 12.0. The summed E-state index contributed by atoms with van der Waals surface area (Å²) >= 11 is 0. The van der Waals surface area contributed by atoms with Crippen molar-refractivity contribution < 1.29 is 23.9 Å². The van der Waals surface area contributed by atoms with E-state index in [9.17, 15) is 14.4 Å². The average Bonchev–Trinajstić information content (AvgIpc) is 2.49. The second kappa shape index (κ2) is 5.82. The first-order valence-corrected chi connectivity index (χ1v) is 6.34. The summed E-state index contributed by atoms with van der Waals surface area (Å²) in [6.07, 6.45) is 0. The molecule has 0 spiro atoms. The van der Waals surface area contributed by atoms with Crippen LogP contribution >= 0.6 is 0 Å². The highest BCUT2D eigenvalue weighted by Crippen LogP contribution is 2.28. The molecule has 1 aromatic carbocycles. The number of nitrogens with zero attached hydrogens (tertiary/aromatic N) is 1. The molecule has 1 aliphatic rings. The van der Waals surface area contributed by atoms with Crippen molar-refractivity contribution in [2.75, 3.05) is 20.8 Å². The molecule has 3 amide bonds. The Labute approximate surface area is 121 Å². The summed E-state index contributed by atoms with van der Waals surface area (Å²) in [7, 11) is 2.96. The molecule has 1 heterocycles. The molecule has 112 valence electrons. The molecule has 1 unspecified atom stereocenters. The number of hydrogen-bond donors (Lipinski definition) is 1. The van der Waals surface area contributed by atoms with E-state index in [2.05, 4.69) is 5.32 Å². The molecular formula is C14H16N2O5. The molecule has 1 aliphatic heterocycles. The first-order chi connectivity index (χ1) is 9.97. The minimum Gasteiger partial charge on any atom is -0.493 e. The van der Waals surface area contributed by atoms with Gasteiger partial charge in [-0.2, -0.15) is 0 Å². The standard InChI is InChI=1S/C14H16N2O5/c1-8-13(18)15-12(17)7-16(8)14(19)9-4-5-10(20-2)11(6-9)21-3/h4-6,8H,7H2,1-3H3,(H,15,17,18). The Balaban J connectivity index is 2.31. The third-order valence-electron chi connectivity index (χ3n) is 3.31. The predicted molar refractivity (Wildman–Crippen MR) is 73.2 cm³/mol. The van der Waals surface area contributed by atoms with Gasteiger partial charge in [-0.25, -0.2) is 0 Å². The normalized spacial score (nSPS) is 18.2. The van der Waals surface area contributed by atoms with Crippen LogP contribution in [0.5, 0.6) is 11.5 Å². The highest BCUT2D eigenvalue weighted by Gasteiger charge is 2.34. The van der Waals surface area contributed by atoms with Crippen LogP contribution in [0.3, 0.4) is 0 Å². The van der Waals surface area contributed by atoms with E-state index in [0.717, 1.165) is 0 Å². The van der Waals surface area contributed by atoms with Crippen LogP contribution in [0.4, 0.5) is 0 Å². The summed E-state index contributed by atoms with van der Waals surface area (Å²) in [5, 5.41) is 2.19. The van der Waals surface area contributed by atoms with Gasteiger partial charge in [0.2, 0.25) is 11.8 Å². The molecule has 0 radical (unpaired) electrons. The zero-order valence-corrected chi connectivity index (χ0v) is 12.0. The first kappa shape index (κ1) is 14.8. The van der Waals surface area contributed by atoms with Gasteiger partial charge in [-0.15, -0.1) is 0 Å². The predicted octanol–water partition coefficient (Wildman–Crippen LogP) is 0.191. The van der Waals surface area contributed by atoms with Crippen molar-refractivity contribution in [2.24, 2.45) is 0 Å². The van der Waals surface area contributed by atoms with Crippen LogP contribution in [0.25, 0.3) is 0 Å². The Hall–Kier alpha value is -2.57. The van der Waals surface area contributed by atoms with Gasteiger partial charge in [0.25, 0.3) is 5.91 Å². The zero-order chi connectivity index (χ0) is 15.6. The maximum absolute atomic E-state index is 12.5. The van der Waals surface area contributed by atoms with Gasteiger partial charge in [0.15, 0.2) is 11.5 Å². The van der Waals surface area contributed by atoms with E-state index in [-0.39, 0.29) is 6.54 Å². The van der Waals surface area contributed by atoms with Gasteiger partial charge < -0.3 is 14.4 Å². The number of hydrogen-bond acceptors (Lipinski definition) is 5. The van der Waals surface area contributed by atoms with Crippen LogP contribution in [-0.2, 0) is 9.59 Å². The molecule has 1 saturated heterocycles. The molecular weight excluding hydrogens is 276 g/mol. The summed E-state index contributed by atoms with van der Waals surface area (Å²) in [5.41, 5.74) is 0.321. The number of piperazine rings is 1. The summed E-state index contributed by atoms with van der Waals surface area (Å²) in [5.74, 6) is -0.489.